The minimum atomic E-state index is -3.09. The van der Waals surface area contributed by atoms with Gasteiger partial charge in [-0.05, 0) is 51.9 Å². The number of rotatable bonds is 6. The van der Waals surface area contributed by atoms with Gasteiger partial charge in [-0.3, -0.25) is 0 Å². The van der Waals surface area contributed by atoms with Crippen LogP contribution in [-0.2, 0) is 10.0 Å². The van der Waals surface area contributed by atoms with Crippen LogP contribution in [0.15, 0.2) is 0 Å². The van der Waals surface area contributed by atoms with Crippen molar-refractivity contribution in [2.45, 2.75) is 25.3 Å². The van der Waals surface area contributed by atoms with Gasteiger partial charge in [0.1, 0.15) is 0 Å². The van der Waals surface area contributed by atoms with Gasteiger partial charge in [0.25, 0.3) is 0 Å². The van der Waals surface area contributed by atoms with Crippen LogP contribution >= 0.6 is 0 Å². The molecule has 3 aliphatic rings. The number of nitrogens with one attached hydrogen (secondary N) is 2. The third-order valence-electron chi connectivity index (χ3n) is 3.83. The second-order valence-corrected chi connectivity index (χ2v) is 7.01. The molecule has 0 aromatic heterocycles. The maximum absolute atomic E-state index is 11.9. The van der Waals surface area contributed by atoms with E-state index in [-0.39, 0.29) is 11.8 Å². The van der Waals surface area contributed by atoms with Crippen molar-refractivity contribution in [1.29, 1.82) is 0 Å². The van der Waals surface area contributed by atoms with Crippen LogP contribution < -0.4 is 10.0 Å². The molecule has 100 valence electrons. The second kappa shape index (κ2) is 5.65. The summed E-state index contributed by atoms with van der Waals surface area (Å²) in [6.07, 6.45) is 2.96. The van der Waals surface area contributed by atoms with E-state index < -0.39 is 10.0 Å². The number of nitrogens with zero attached hydrogens (tertiary/aromatic N) is 1. The van der Waals surface area contributed by atoms with Crippen LogP contribution in [0.3, 0.4) is 0 Å². The van der Waals surface area contributed by atoms with Gasteiger partial charge < -0.3 is 10.2 Å². The molecule has 3 saturated heterocycles. The Labute approximate surface area is 104 Å². The zero-order valence-electron chi connectivity index (χ0n) is 10.5. The first-order chi connectivity index (χ1) is 8.11. The van der Waals surface area contributed by atoms with E-state index in [1.54, 1.807) is 0 Å². The summed E-state index contributed by atoms with van der Waals surface area (Å²) in [4.78, 5) is 2.36. The summed E-state index contributed by atoms with van der Waals surface area (Å²) < 4.78 is 26.7. The Morgan fingerprint density at radius 1 is 1.29 bits per heavy atom. The molecule has 3 aliphatic heterocycles. The van der Waals surface area contributed by atoms with Gasteiger partial charge in [-0.1, -0.05) is 0 Å². The van der Waals surface area contributed by atoms with Gasteiger partial charge in [-0.25, -0.2) is 13.1 Å². The van der Waals surface area contributed by atoms with Gasteiger partial charge in [-0.2, -0.15) is 0 Å². The Bertz CT molecular complexity index is 337. The minimum absolute atomic E-state index is 0.150. The average Bonchev–Trinajstić information content (AvgIpc) is 2.30. The first-order valence-corrected chi connectivity index (χ1v) is 8.13. The third-order valence-corrected chi connectivity index (χ3v) is 5.31. The monoisotopic (exact) mass is 261 g/mol. The maximum Gasteiger partial charge on any atom is 0.211 e. The van der Waals surface area contributed by atoms with E-state index in [9.17, 15) is 8.42 Å². The van der Waals surface area contributed by atoms with Crippen LogP contribution in [0.5, 0.6) is 0 Å². The Balaban J connectivity index is 1.83. The fraction of sp³-hybridized carbons (Fsp3) is 1.00. The molecular formula is C11H23N3O2S. The zero-order chi connectivity index (χ0) is 12.3. The maximum atomic E-state index is 11.9. The summed E-state index contributed by atoms with van der Waals surface area (Å²) in [5.41, 5.74) is 0. The first kappa shape index (κ1) is 13.3. The fourth-order valence-electron chi connectivity index (χ4n) is 2.83. The van der Waals surface area contributed by atoms with Crippen LogP contribution in [0.2, 0.25) is 0 Å². The predicted molar refractivity (Wildman–Crippen MR) is 68.4 cm³/mol. The lowest BCUT2D eigenvalue weighted by Crippen LogP contribution is -2.57. The van der Waals surface area contributed by atoms with E-state index in [2.05, 4.69) is 14.9 Å². The van der Waals surface area contributed by atoms with Gasteiger partial charge in [0.05, 0.1) is 5.75 Å². The van der Waals surface area contributed by atoms with E-state index in [0.717, 1.165) is 39.0 Å². The van der Waals surface area contributed by atoms with Gasteiger partial charge in [0, 0.05) is 12.6 Å². The number of sulfonamides is 1. The molecule has 17 heavy (non-hydrogen) atoms. The summed E-state index contributed by atoms with van der Waals surface area (Å²) in [5, 5.41) is 2.97. The molecule has 3 rings (SSSR count). The highest BCUT2D eigenvalue weighted by molar-refractivity contribution is 7.89. The molecule has 1 unspecified atom stereocenters. The number of fused-ring (bicyclic) bond motifs is 3. The molecule has 3 fully saturated rings. The predicted octanol–water partition coefficient (Wildman–Crippen LogP) is -0.390. The highest BCUT2D eigenvalue weighted by atomic mass is 32.2. The van der Waals surface area contributed by atoms with E-state index in [1.807, 2.05) is 7.05 Å². The molecule has 0 aliphatic carbocycles. The summed E-state index contributed by atoms with van der Waals surface area (Å²) >= 11 is 0. The Morgan fingerprint density at radius 2 is 2.00 bits per heavy atom. The number of hydrogen-bond acceptors (Lipinski definition) is 4. The van der Waals surface area contributed by atoms with Crippen molar-refractivity contribution in [2.75, 3.05) is 39.0 Å². The topological polar surface area (TPSA) is 61.4 Å². The van der Waals surface area contributed by atoms with Crippen molar-refractivity contribution in [3.05, 3.63) is 0 Å². The summed E-state index contributed by atoms with van der Waals surface area (Å²) in [7, 11) is -1.25. The third kappa shape index (κ3) is 3.64. The molecule has 0 radical (unpaired) electrons. The molecule has 0 saturated carbocycles. The van der Waals surface area contributed by atoms with Crippen molar-refractivity contribution in [3.8, 4) is 0 Å². The molecule has 1 atom stereocenters. The van der Waals surface area contributed by atoms with Crippen LogP contribution in [0, 0.1) is 5.92 Å². The summed E-state index contributed by atoms with van der Waals surface area (Å²) in [6, 6.07) is 0.150. The molecule has 0 amide bonds. The Hall–Kier alpha value is -0.170. The van der Waals surface area contributed by atoms with Crippen molar-refractivity contribution in [2.24, 2.45) is 5.92 Å². The van der Waals surface area contributed by atoms with E-state index in [1.165, 1.54) is 0 Å². The molecular weight excluding hydrogens is 238 g/mol. The molecule has 3 heterocycles. The lowest BCUT2D eigenvalue weighted by Gasteiger charge is -2.44. The SMILES string of the molecule is CNCCCS(=O)(=O)NC1CN2CCC1CC2. The van der Waals surface area contributed by atoms with E-state index in [4.69, 9.17) is 0 Å². The Morgan fingerprint density at radius 3 is 2.53 bits per heavy atom. The van der Waals surface area contributed by atoms with Crippen LogP contribution in [0.25, 0.3) is 0 Å². The first-order valence-electron chi connectivity index (χ1n) is 6.48. The van der Waals surface area contributed by atoms with Crippen molar-refractivity contribution in [1.82, 2.24) is 14.9 Å². The number of hydrogen-bond donors (Lipinski definition) is 2. The summed E-state index contributed by atoms with van der Waals surface area (Å²) in [5.74, 6) is 0.788. The lowest BCUT2D eigenvalue weighted by atomic mass is 9.85. The normalized spacial score (nSPS) is 32.9. The van der Waals surface area contributed by atoms with Crippen molar-refractivity contribution >= 4 is 10.0 Å². The largest absolute Gasteiger partial charge is 0.320 e. The van der Waals surface area contributed by atoms with Crippen LogP contribution in [-0.4, -0.2) is 58.3 Å². The van der Waals surface area contributed by atoms with Crippen molar-refractivity contribution in [3.63, 3.8) is 0 Å². The fourth-order valence-corrected chi connectivity index (χ4v) is 4.20. The van der Waals surface area contributed by atoms with Crippen LogP contribution in [0.4, 0.5) is 0 Å². The average molecular weight is 261 g/mol. The lowest BCUT2D eigenvalue weighted by molar-refractivity contribution is 0.0827. The van der Waals surface area contributed by atoms with Crippen molar-refractivity contribution < 1.29 is 8.42 Å². The van der Waals surface area contributed by atoms with E-state index >= 15 is 0 Å². The molecule has 2 N–H and O–H groups in total. The smallest absolute Gasteiger partial charge is 0.211 e. The molecule has 0 spiro atoms. The second-order valence-electron chi connectivity index (χ2n) is 5.14. The quantitative estimate of drug-likeness (QED) is 0.639. The Kier molecular flexibility index (Phi) is 4.41. The number of piperidine rings is 3. The highest BCUT2D eigenvalue weighted by Crippen LogP contribution is 2.27. The van der Waals surface area contributed by atoms with Gasteiger partial charge in [-0.15, -0.1) is 0 Å². The molecule has 2 bridgehead atoms. The van der Waals surface area contributed by atoms with E-state index in [0.29, 0.717) is 12.3 Å². The standard InChI is InChI=1S/C11H23N3O2S/c1-12-5-2-8-17(15,16)13-11-9-14-6-3-10(11)4-7-14/h10-13H,2-9H2,1H3. The zero-order valence-corrected chi connectivity index (χ0v) is 11.3. The molecule has 0 aromatic rings. The molecule has 6 heteroatoms. The van der Waals surface area contributed by atoms with Gasteiger partial charge in [0.2, 0.25) is 10.0 Å². The molecule has 0 aromatic carbocycles. The minimum Gasteiger partial charge on any atom is -0.320 e. The highest BCUT2D eigenvalue weighted by Gasteiger charge is 2.35. The van der Waals surface area contributed by atoms with Crippen LogP contribution in [0.1, 0.15) is 19.3 Å². The van der Waals surface area contributed by atoms with Gasteiger partial charge >= 0.3 is 0 Å². The van der Waals surface area contributed by atoms with Gasteiger partial charge in [0.15, 0.2) is 0 Å². The molecule has 5 nitrogen and oxygen atoms in total. The summed E-state index contributed by atoms with van der Waals surface area (Å²) in [6.45, 7) is 3.93.